The van der Waals surface area contributed by atoms with Crippen LogP contribution in [0.3, 0.4) is 0 Å². The van der Waals surface area contributed by atoms with E-state index in [1.807, 2.05) is 19.9 Å². The van der Waals surface area contributed by atoms with Crippen molar-refractivity contribution < 1.29 is 27.7 Å². The molecule has 11 nitrogen and oxygen atoms in total. The van der Waals surface area contributed by atoms with E-state index in [1.165, 1.54) is 24.1 Å². The van der Waals surface area contributed by atoms with Gasteiger partial charge in [0, 0.05) is 29.2 Å². The van der Waals surface area contributed by atoms with Crippen LogP contribution in [0.5, 0.6) is 5.75 Å². The summed E-state index contributed by atoms with van der Waals surface area (Å²) in [6, 6.07) is 9.57. The number of nitro benzene ring substituents is 1. The fourth-order valence-corrected chi connectivity index (χ4v) is 4.75. The molecule has 0 heterocycles. The van der Waals surface area contributed by atoms with Crippen LogP contribution in [-0.2, 0) is 26.2 Å². The number of nitro groups is 1. The van der Waals surface area contributed by atoms with Crippen molar-refractivity contribution in [1.29, 1.82) is 0 Å². The van der Waals surface area contributed by atoms with Gasteiger partial charge in [0.1, 0.15) is 24.0 Å². The number of hydrogen-bond donors (Lipinski definition) is 1. The van der Waals surface area contributed by atoms with E-state index in [2.05, 4.69) is 21.2 Å². The highest BCUT2D eigenvalue weighted by atomic mass is 79.9. The number of ether oxygens (including phenoxy) is 1. The molecule has 2 unspecified atom stereocenters. The van der Waals surface area contributed by atoms with Crippen molar-refractivity contribution in [2.24, 2.45) is 0 Å². The Morgan fingerprint density at radius 3 is 2.41 bits per heavy atom. The van der Waals surface area contributed by atoms with Crippen molar-refractivity contribution in [2.45, 2.75) is 45.8 Å². The molecular formula is C24H31BrN4O7S. The standard InChI is InChI=1S/C24H31BrN4O7S/c1-6-16(2)26-24(31)17(3)27(14-18-8-7-9-19(25)12-18)23(30)15-28(37(5,34)35)21-13-20(29(32)33)10-11-22(21)36-4/h7-13,16-17H,6,14-15H2,1-5H3,(H,26,31). The van der Waals surface area contributed by atoms with Crippen LogP contribution in [0.25, 0.3) is 0 Å². The lowest BCUT2D eigenvalue weighted by Crippen LogP contribution is -2.52. The third kappa shape index (κ3) is 8.15. The van der Waals surface area contributed by atoms with Gasteiger partial charge in [-0.15, -0.1) is 0 Å². The molecule has 0 saturated heterocycles. The SMILES string of the molecule is CCC(C)NC(=O)C(C)N(Cc1cccc(Br)c1)C(=O)CN(c1cc([N+](=O)[O-])ccc1OC)S(C)(=O)=O. The van der Waals surface area contributed by atoms with E-state index in [0.29, 0.717) is 12.0 Å². The summed E-state index contributed by atoms with van der Waals surface area (Å²) in [6.07, 6.45) is 1.57. The van der Waals surface area contributed by atoms with Gasteiger partial charge in [-0.2, -0.15) is 0 Å². The summed E-state index contributed by atoms with van der Waals surface area (Å²) in [4.78, 5) is 38.5. The maximum absolute atomic E-state index is 13.6. The fourth-order valence-electron chi connectivity index (χ4n) is 3.46. The monoisotopic (exact) mass is 598 g/mol. The predicted octanol–water partition coefficient (Wildman–Crippen LogP) is 3.46. The molecule has 0 bridgehead atoms. The van der Waals surface area contributed by atoms with E-state index in [1.54, 1.807) is 25.1 Å². The smallest absolute Gasteiger partial charge is 0.271 e. The third-order valence-electron chi connectivity index (χ3n) is 5.73. The zero-order valence-electron chi connectivity index (χ0n) is 21.3. The largest absolute Gasteiger partial charge is 0.495 e. The van der Waals surface area contributed by atoms with E-state index in [-0.39, 0.29) is 29.7 Å². The lowest BCUT2D eigenvalue weighted by molar-refractivity contribution is -0.384. The van der Waals surface area contributed by atoms with E-state index in [0.717, 1.165) is 21.1 Å². The minimum Gasteiger partial charge on any atom is -0.495 e. The Bertz CT molecular complexity index is 1260. The Morgan fingerprint density at radius 1 is 1.19 bits per heavy atom. The Morgan fingerprint density at radius 2 is 1.86 bits per heavy atom. The summed E-state index contributed by atoms with van der Waals surface area (Å²) in [5, 5.41) is 14.2. The first-order valence-electron chi connectivity index (χ1n) is 11.4. The zero-order valence-corrected chi connectivity index (χ0v) is 23.7. The minimum absolute atomic E-state index is 0.0248. The summed E-state index contributed by atoms with van der Waals surface area (Å²) in [6.45, 7) is 4.64. The van der Waals surface area contributed by atoms with Gasteiger partial charge in [-0.1, -0.05) is 35.0 Å². The van der Waals surface area contributed by atoms with Gasteiger partial charge < -0.3 is 15.0 Å². The molecule has 2 amide bonds. The van der Waals surface area contributed by atoms with Crippen molar-refractivity contribution in [1.82, 2.24) is 10.2 Å². The Kier molecular flexibility index (Phi) is 10.4. The first-order chi connectivity index (χ1) is 17.3. The number of nitrogens with zero attached hydrogens (tertiary/aromatic N) is 3. The molecule has 0 spiro atoms. The van der Waals surface area contributed by atoms with E-state index in [4.69, 9.17) is 4.74 Å². The van der Waals surface area contributed by atoms with Gasteiger partial charge in [-0.05, 0) is 44.0 Å². The topological polar surface area (TPSA) is 139 Å². The van der Waals surface area contributed by atoms with Gasteiger partial charge in [0.25, 0.3) is 5.69 Å². The van der Waals surface area contributed by atoms with Crippen molar-refractivity contribution in [3.63, 3.8) is 0 Å². The second kappa shape index (κ2) is 12.9. The molecule has 2 aromatic rings. The number of halogens is 1. The van der Waals surface area contributed by atoms with Gasteiger partial charge in [0.05, 0.1) is 18.3 Å². The molecule has 37 heavy (non-hydrogen) atoms. The van der Waals surface area contributed by atoms with E-state index in [9.17, 15) is 28.1 Å². The molecule has 2 atom stereocenters. The maximum atomic E-state index is 13.6. The molecule has 1 N–H and O–H groups in total. The van der Waals surface area contributed by atoms with Crippen LogP contribution in [0.4, 0.5) is 11.4 Å². The number of hydrogen-bond acceptors (Lipinski definition) is 7. The first-order valence-corrected chi connectivity index (χ1v) is 14.1. The van der Waals surface area contributed by atoms with Crippen LogP contribution >= 0.6 is 15.9 Å². The number of anilines is 1. The second-order valence-corrected chi connectivity index (χ2v) is 11.4. The lowest BCUT2D eigenvalue weighted by atomic mass is 10.1. The Labute approximate surface area is 225 Å². The molecule has 0 aliphatic heterocycles. The van der Waals surface area contributed by atoms with Crippen LogP contribution in [0.15, 0.2) is 46.9 Å². The normalized spacial score (nSPS) is 12.8. The first kappa shape index (κ1) is 30.0. The minimum atomic E-state index is -4.09. The number of non-ortho nitro benzene ring substituents is 1. The highest BCUT2D eigenvalue weighted by molar-refractivity contribution is 9.10. The quantitative estimate of drug-likeness (QED) is 0.291. The molecule has 0 aromatic heterocycles. The molecule has 2 rings (SSSR count). The molecule has 13 heteroatoms. The van der Waals surface area contributed by atoms with Gasteiger partial charge in [-0.25, -0.2) is 8.42 Å². The summed E-state index contributed by atoms with van der Waals surface area (Å²) in [5.74, 6) is -1.03. The molecule has 0 radical (unpaired) electrons. The van der Waals surface area contributed by atoms with Crippen LogP contribution in [0, 0.1) is 10.1 Å². The summed E-state index contributed by atoms with van der Waals surface area (Å²) >= 11 is 3.39. The molecular weight excluding hydrogens is 568 g/mol. The number of carbonyl (C=O) groups is 2. The number of carbonyl (C=O) groups excluding carboxylic acids is 2. The molecule has 0 saturated carbocycles. The van der Waals surface area contributed by atoms with Gasteiger partial charge in [0.2, 0.25) is 21.8 Å². The van der Waals surface area contributed by atoms with Crippen molar-refractivity contribution in [3.05, 3.63) is 62.6 Å². The highest BCUT2D eigenvalue weighted by Gasteiger charge is 2.32. The molecule has 2 aromatic carbocycles. The molecule has 0 aliphatic carbocycles. The van der Waals surface area contributed by atoms with Crippen molar-refractivity contribution >= 4 is 49.1 Å². The van der Waals surface area contributed by atoms with E-state index >= 15 is 0 Å². The van der Waals surface area contributed by atoms with Gasteiger partial charge in [-0.3, -0.25) is 24.0 Å². The number of rotatable bonds is 12. The molecule has 0 aliphatic rings. The molecule has 202 valence electrons. The fraction of sp³-hybridized carbons (Fsp3) is 0.417. The van der Waals surface area contributed by atoms with Crippen LogP contribution in [0.1, 0.15) is 32.8 Å². The van der Waals surface area contributed by atoms with Gasteiger partial charge >= 0.3 is 0 Å². The predicted molar refractivity (Wildman–Crippen MR) is 144 cm³/mol. The average molecular weight is 600 g/mol. The Hall–Kier alpha value is -3.19. The van der Waals surface area contributed by atoms with Crippen molar-refractivity contribution in [3.8, 4) is 5.75 Å². The van der Waals surface area contributed by atoms with Crippen LogP contribution in [0.2, 0.25) is 0 Å². The summed E-state index contributed by atoms with van der Waals surface area (Å²) in [7, 11) is -2.81. The number of amides is 2. The number of methoxy groups -OCH3 is 1. The maximum Gasteiger partial charge on any atom is 0.271 e. The number of benzene rings is 2. The van der Waals surface area contributed by atoms with Crippen LogP contribution < -0.4 is 14.4 Å². The second-order valence-electron chi connectivity index (χ2n) is 8.53. The number of nitrogens with one attached hydrogen (secondary N) is 1. The average Bonchev–Trinajstić information content (AvgIpc) is 2.83. The third-order valence-corrected chi connectivity index (χ3v) is 7.35. The number of sulfonamides is 1. The van der Waals surface area contributed by atoms with E-state index < -0.39 is 39.3 Å². The lowest BCUT2D eigenvalue weighted by Gasteiger charge is -2.32. The van der Waals surface area contributed by atoms with Crippen LogP contribution in [-0.4, -0.2) is 62.0 Å². The van der Waals surface area contributed by atoms with Crippen molar-refractivity contribution in [2.75, 3.05) is 24.2 Å². The molecule has 0 fully saturated rings. The highest BCUT2D eigenvalue weighted by Crippen LogP contribution is 2.34. The summed E-state index contributed by atoms with van der Waals surface area (Å²) in [5.41, 5.74) is 0.181. The van der Waals surface area contributed by atoms with Gasteiger partial charge in [0.15, 0.2) is 0 Å². The summed E-state index contributed by atoms with van der Waals surface area (Å²) < 4.78 is 32.3. The zero-order chi connectivity index (χ0) is 27.9. The Balaban J connectivity index is 2.51.